The molecule has 4 nitrogen and oxygen atoms in total. The van der Waals surface area contributed by atoms with Gasteiger partial charge in [0.1, 0.15) is 18.5 Å². The predicted molar refractivity (Wildman–Crippen MR) is 132 cm³/mol. The van der Waals surface area contributed by atoms with Gasteiger partial charge in [-0.2, -0.15) is 0 Å². The van der Waals surface area contributed by atoms with Crippen molar-refractivity contribution < 1.29 is 9.84 Å². The van der Waals surface area contributed by atoms with Gasteiger partial charge in [-0.05, 0) is 67.6 Å². The van der Waals surface area contributed by atoms with E-state index in [-0.39, 0.29) is 0 Å². The fourth-order valence-electron chi connectivity index (χ4n) is 3.88. The lowest BCUT2D eigenvalue weighted by Gasteiger charge is -2.27. The maximum absolute atomic E-state index is 10.7. The van der Waals surface area contributed by atoms with E-state index in [2.05, 4.69) is 72.8 Å². The zero-order valence-corrected chi connectivity index (χ0v) is 20.0. The topological polar surface area (TPSA) is 37.6 Å². The highest BCUT2D eigenvalue weighted by molar-refractivity contribution is 5.31. The highest BCUT2D eigenvalue weighted by atomic mass is 16.5. The van der Waals surface area contributed by atoms with Crippen molar-refractivity contribution in [2.45, 2.75) is 53.3 Å². The van der Waals surface area contributed by atoms with Gasteiger partial charge in [0.05, 0.1) is 0 Å². The van der Waals surface area contributed by atoms with Gasteiger partial charge in [-0.1, -0.05) is 56.3 Å². The minimum Gasteiger partial charge on any atom is -0.491 e. The summed E-state index contributed by atoms with van der Waals surface area (Å²) in [6.45, 7) is 12.2. The van der Waals surface area contributed by atoms with Gasteiger partial charge in [0.15, 0.2) is 0 Å². The van der Waals surface area contributed by atoms with Crippen molar-refractivity contribution in [3.8, 4) is 5.75 Å². The Morgan fingerprint density at radius 3 is 2.38 bits per heavy atom. The molecule has 32 heavy (non-hydrogen) atoms. The van der Waals surface area contributed by atoms with Crippen LogP contribution in [0.1, 0.15) is 42.7 Å². The molecular weight excluding hydrogens is 396 g/mol. The van der Waals surface area contributed by atoms with E-state index in [1.807, 2.05) is 31.2 Å². The fourth-order valence-corrected chi connectivity index (χ4v) is 3.88. The molecular formula is C28H38N2O2. The summed E-state index contributed by atoms with van der Waals surface area (Å²) in [5.74, 6) is 1.46. The summed E-state index contributed by atoms with van der Waals surface area (Å²) < 4.78 is 8.21. The molecule has 2 aromatic carbocycles. The largest absolute Gasteiger partial charge is 0.491 e. The first kappa shape index (κ1) is 24.1. The summed E-state index contributed by atoms with van der Waals surface area (Å²) in [4.78, 5) is 2.36. The molecule has 0 radical (unpaired) electrons. The quantitative estimate of drug-likeness (QED) is 0.412. The zero-order chi connectivity index (χ0) is 22.9. The molecule has 0 unspecified atom stereocenters. The monoisotopic (exact) mass is 434 g/mol. The van der Waals surface area contributed by atoms with Gasteiger partial charge in [0.25, 0.3) is 0 Å². The molecule has 0 aliphatic heterocycles. The van der Waals surface area contributed by atoms with Crippen LogP contribution in [0.4, 0.5) is 0 Å². The Labute approximate surface area is 193 Å². The number of aromatic nitrogens is 1. The van der Waals surface area contributed by atoms with Crippen molar-refractivity contribution in [2.24, 2.45) is 5.92 Å². The highest BCUT2D eigenvalue weighted by Crippen LogP contribution is 2.17. The van der Waals surface area contributed by atoms with Crippen LogP contribution in [0.2, 0.25) is 0 Å². The average molecular weight is 435 g/mol. The molecule has 0 spiro atoms. The van der Waals surface area contributed by atoms with Gasteiger partial charge in [-0.25, -0.2) is 0 Å². The molecule has 1 heterocycles. The van der Waals surface area contributed by atoms with Crippen LogP contribution in [-0.2, 0) is 13.1 Å². The lowest BCUT2D eigenvalue weighted by atomic mass is 10.1. The van der Waals surface area contributed by atoms with Gasteiger partial charge in [-0.3, -0.25) is 4.90 Å². The molecule has 1 aromatic heterocycles. The standard InChI is InChI=1S/C28H38N2O2/c1-22(2)15-17-29(20-27(31)21-32-28-14-8-6-11-24(28)4)19-26-13-9-16-30(26)18-25-12-7-5-10-23(25)3/h5-14,16,22,27,31H,15,17-21H2,1-4H3/t27-/m0/s1. The van der Waals surface area contributed by atoms with E-state index in [1.165, 1.54) is 16.8 Å². The Morgan fingerprint density at radius 2 is 1.66 bits per heavy atom. The third-order valence-corrected chi connectivity index (χ3v) is 5.93. The number of para-hydroxylation sites is 1. The number of rotatable bonds is 12. The van der Waals surface area contributed by atoms with Crippen LogP contribution in [-0.4, -0.2) is 40.4 Å². The zero-order valence-electron chi connectivity index (χ0n) is 20.0. The summed E-state index contributed by atoms with van der Waals surface area (Å²) in [5, 5.41) is 10.7. The van der Waals surface area contributed by atoms with Gasteiger partial charge in [0.2, 0.25) is 0 Å². The number of aryl methyl sites for hydroxylation is 2. The van der Waals surface area contributed by atoms with Crippen LogP contribution in [0, 0.1) is 19.8 Å². The number of benzene rings is 2. The van der Waals surface area contributed by atoms with Crippen molar-refractivity contribution >= 4 is 0 Å². The number of hydrogen-bond acceptors (Lipinski definition) is 3. The lowest BCUT2D eigenvalue weighted by Crippen LogP contribution is -2.36. The first-order valence-corrected chi connectivity index (χ1v) is 11.7. The van der Waals surface area contributed by atoms with Gasteiger partial charge in [-0.15, -0.1) is 0 Å². The maximum Gasteiger partial charge on any atom is 0.122 e. The molecule has 0 saturated carbocycles. The first-order chi connectivity index (χ1) is 15.4. The van der Waals surface area contributed by atoms with E-state index in [9.17, 15) is 5.11 Å². The van der Waals surface area contributed by atoms with E-state index in [4.69, 9.17) is 4.74 Å². The van der Waals surface area contributed by atoms with Crippen LogP contribution < -0.4 is 4.74 Å². The molecule has 1 N–H and O–H groups in total. The molecule has 0 fully saturated rings. The van der Waals surface area contributed by atoms with Crippen LogP contribution in [0.15, 0.2) is 66.9 Å². The molecule has 3 rings (SSSR count). The van der Waals surface area contributed by atoms with Crippen LogP contribution in [0.25, 0.3) is 0 Å². The van der Waals surface area contributed by atoms with E-state index in [1.54, 1.807) is 0 Å². The fraction of sp³-hybridized carbons (Fsp3) is 0.429. The lowest BCUT2D eigenvalue weighted by molar-refractivity contribution is 0.0629. The summed E-state index contributed by atoms with van der Waals surface area (Å²) in [5.41, 5.74) is 5.01. The minimum atomic E-state index is -0.540. The second-order valence-corrected chi connectivity index (χ2v) is 9.20. The van der Waals surface area contributed by atoms with Crippen molar-refractivity contribution in [3.05, 3.63) is 89.2 Å². The van der Waals surface area contributed by atoms with Gasteiger partial charge in [0, 0.05) is 31.5 Å². The third-order valence-electron chi connectivity index (χ3n) is 5.93. The third kappa shape index (κ3) is 7.25. The van der Waals surface area contributed by atoms with Gasteiger partial charge >= 0.3 is 0 Å². The van der Waals surface area contributed by atoms with E-state index in [0.29, 0.717) is 19.1 Å². The maximum atomic E-state index is 10.7. The summed E-state index contributed by atoms with van der Waals surface area (Å²) >= 11 is 0. The van der Waals surface area contributed by atoms with Gasteiger partial charge < -0.3 is 14.4 Å². The predicted octanol–water partition coefficient (Wildman–Crippen LogP) is 5.44. The van der Waals surface area contributed by atoms with Crippen molar-refractivity contribution in [3.63, 3.8) is 0 Å². The second-order valence-electron chi connectivity index (χ2n) is 9.20. The Kier molecular flexibility index (Phi) is 8.95. The normalized spacial score (nSPS) is 12.5. The first-order valence-electron chi connectivity index (χ1n) is 11.7. The Hall–Kier alpha value is -2.56. The number of ether oxygens (including phenoxy) is 1. The smallest absolute Gasteiger partial charge is 0.122 e. The van der Waals surface area contributed by atoms with Crippen molar-refractivity contribution in [1.29, 1.82) is 0 Å². The molecule has 0 saturated heterocycles. The summed E-state index contributed by atoms with van der Waals surface area (Å²) in [6, 6.07) is 20.8. The molecule has 3 aromatic rings. The number of nitrogens with zero attached hydrogens (tertiary/aromatic N) is 2. The van der Waals surface area contributed by atoms with Crippen LogP contribution >= 0.6 is 0 Å². The number of aliphatic hydroxyl groups is 1. The molecule has 0 aliphatic carbocycles. The van der Waals surface area contributed by atoms with E-state index >= 15 is 0 Å². The molecule has 0 aliphatic rings. The van der Waals surface area contributed by atoms with E-state index < -0.39 is 6.10 Å². The van der Waals surface area contributed by atoms with Crippen LogP contribution in [0.3, 0.4) is 0 Å². The summed E-state index contributed by atoms with van der Waals surface area (Å²) in [6.07, 6.45) is 2.71. The number of hydrogen-bond donors (Lipinski definition) is 1. The minimum absolute atomic E-state index is 0.299. The number of aliphatic hydroxyl groups excluding tert-OH is 1. The summed E-state index contributed by atoms with van der Waals surface area (Å²) in [7, 11) is 0. The Balaban J connectivity index is 1.64. The Bertz CT molecular complexity index is 963. The molecule has 4 heteroatoms. The Morgan fingerprint density at radius 1 is 0.938 bits per heavy atom. The van der Waals surface area contributed by atoms with Crippen LogP contribution in [0.5, 0.6) is 5.75 Å². The highest BCUT2D eigenvalue weighted by Gasteiger charge is 2.16. The van der Waals surface area contributed by atoms with E-state index in [0.717, 1.165) is 37.4 Å². The molecule has 172 valence electrons. The SMILES string of the molecule is Cc1ccccc1Cn1cccc1CN(CCC(C)C)C[C@H](O)COc1ccccc1C. The average Bonchev–Trinajstić information content (AvgIpc) is 3.19. The second kappa shape index (κ2) is 11.9. The van der Waals surface area contributed by atoms with Crippen molar-refractivity contribution in [1.82, 2.24) is 9.47 Å². The molecule has 0 bridgehead atoms. The molecule has 0 amide bonds. The van der Waals surface area contributed by atoms with Crippen molar-refractivity contribution in [2.75, 3.05) is 19.7 Å². The molecule has 1 atom stereocenters.